The van der Waals surface area contributed by atoms with Crippen LogP contribution in [0.4, 0.5) is 10.7 Å². The van der Waals surface area contributed by atoms with Crippen LogP contribution in [-0.2, 0) is 6.42 Å². The first kappa shape index (κ1) is 12.2. The molecule has 2 amide bonds. The van der Waals surface area contributed by atoms with E-state index in [4.69, 9.17) is 4.42 Å². The molecular formula is C14H16N2O2. The van der Waals surface area contributed by atoms with Gasteiger partial charge in [0.2, 0.25) is 5.88 Å². The van der Waals surface area contributed by atoms with Gasteiger partial charge in [-0.3, -0.25) is 5.32 Å². The third kappa shape index (κ3) is 3.38. The lowest BCUT2D eigenvalue weighted by Crippen LogP contribution is -2.30. The molecule has 1 heterocycles. The Morgan fingerprint density at radius 2 is 2.06 bits per heavy atom. The van der Waals surface area contributed by atoms with Gasteiger partial charge in [0, 0.05) is 12.6 Å². The van der Waals surface area contributed by atoms with Crippen LogP contribution in [0.25, 0.3) is 0 Å². The van der Waals surface area contributed by atoms with Crippen LogP contribution in [0, 0.1) is 6.92 Å². The fourth-order valence-electron chi connectivity index (χ4n) is 1.71. The number of aryl methyl sites for hydroxylation is 1. The molecule has 1 aromatic carbocycles. The minimum Gasteiger partial charge on any atom is -0.449 e. The number of carbonyl (C=O) groups excluding carboxylic acids is 1. The second-order valence-electron chi connectivity index (χ2n) is 4.03. The van der Waals surface area contributed by atoms with Gasteiger partial charge in [0.05, 0.1) is 6.26 Å². The Bertz CT molecular complexity index is 506. The van der Waals surface area contributed by atoms with Gasteiger partial charge in [0.1, 0.15) is 0 Å². The van der Waals surface area contributed by atoms with Crippen LogP contribution in [0.2, 0.25) is 0 Å². The summed E-state index contributed by atoms with van der Waals surface area (Å²) in [7, 11) is 0. The van der Waals surface area contributed by atoms with E-state index < -0.39 is 0 Å². The number of benzene rings is 1. The molecule has 4 heteroatoms. The number of amides is 2. The normalized spacial score (nSPS) is 10.1. The van der Waals surface area contributed by atoms with Crippen LogP contribution < -0.4 is 10.6 Å². The summed E-state index contributed by atoms with van der Waals surface area (Å²) in [5.74, 6) is 0.448. The third-order valence-corrected chi connectivity index (χ3v) is 2.70. The Morgan fingerprint density at radius 3 is 2.78 bits per heavy atom. The smallest absolute Gasteiger partial charge is 0.321 e. The van der Waals surface area contributed by atoms with E-state index in [0.29, 0.717) is 12.4 Å². The number of carbonyl (C=O) groups is 1. The molecule has 4 nitrogen and oxygen atoms in total. The number of nitrogens with one attached hydrogen (secondary N) is 2. The number of furan rings is 1. The SMILES string of the molecule is Cc1ccccc1CCNC(=O)Nc1ccco1. The lowest BCUT2D eigenvalue weighted by molar-refractivity contribution is 0.251. The summed E-state index contributed by atoms with van der Waals surface area (Å²) in [4.78, 5) is 11.5. The highest BCUT2D eigenvalue weighted by Crippen LogP contribution is 2.07. The topological polar surface area (TPSA) is 54.3 Å². The van der Waals surface area contributed by atoms with Gasteiger partial charge < -0.3 is 9.73 Å². The monoisotopic (exact) mass is 244 g/mol. The summed E-state index contributed by atoms with van der Waals surface area (Å²) in [5, 5.41) is 5.39. The van der Waals surface area contributed by atoms with Crippen molar-refractivity contribution in [1.82, 2.24) is 5.32 Å². The predicted molar refractivity (Wildman–Crippen MR) is 70.6 cm³/mol. The molecule has 0 aliphatic heterocycles. The molecule has 0 unspecified atom stereocenters. The van der Waals surface area contributed by atoms with E-state index in [1.54, 1.807) is 12.1 Å². The summed E-state index contributed by atoms with van der Waals surface area (Å²) in [6.07, 6.45) is 2.33. The van der Waals surface area contributed by atoms with Crippen LogP contribution in [0.5, 0.6) is 0 Å². The van der Waals surface area contributed by atoms with Crippen molar-refractivity contribution < 1.29 is 9.21 Å². The summed E-state index contributed by atoms with van der Waals surface area (Å²) < 4.78 is 5.02. The molecule has 94 valence electrons. The standard InChI is InChI=1S/C14H16N2O2/c1-11-5-2-3-6-12(11)8-9-15-14(17)16-13-7-4-10-18-13/h2-7,10H,8-9H2,1H3,(H2,15,16,17). The van der Waals surface area contributed by atoms with E-state index in [1.807, 2.05) is 12.1 Å². The first-order valence-electron chi connectivity index (χ1n) is 5.88. The Morgan fingerprint density at radius 1 is 1.22 bits per heavy atom. The maximum atomic E-state index is 11.5. The highest BCUT2D eigenvalue weighted by molar-refractivity contribution is 5.87. The van der Waals surface area contributed by atoms with Gasteiger partial charge in [-0.05, 0) is 30.5 Å². The van der Waals surface area contributed by atoms with Gasteiger partial charge in [0.25, 0.3) is 0 Å². The number of hydrogen-bond acceptors (Lipinski definition) is 2. The summed E-state index contributed by atoms with van der Waals surface area (Å²) >= 11 is 0. The van der Waals surface area contributed by atoms with Crippen molar-refractivity contribution in [3.8, 4) is 0 Å². The molecule has 0 aliphatic carbocycles. The Labute approximate surface area is 106 Å². The minimum absolute atomic E-state index is 0.251. The molecule has 2 rings (SSSR count). The maximum absolute atomic E-state index is 11.5. The van der Waals surface area contributed by atoms with Crippen LogP contribution >= 0.6 is 0 Å². The van der Waals surface area contributed by atoms with E-state index >= 15 is 0 Å². The van der Waals surface area contributed by atoms with Crippen LogP contribution in [-0.4, -0.2) is 12.6 Å². The molecule has 0 aliphatic rings. The Balaban J connectivity index is 1.75. The highest BCUT2D eigenvalue weighted by Gasteiger charge is 2.03. The van der Waals surface area contributed by atoms with Crippen molar-refractivity contribution in [2.45, 2.75) is 13.3 Å². The lowest BCUT2D eigenvalue weighted by Gasteiger charge is -2.07. The first-order valence-corrected chi connectivity index (χ1v) is 5.88. The van der Waals surface area contributed by atoms with Crippen molar-refractivity contribution in [2.24, 2.45) is 0 Å². The largest absolute Gasteiger partial charge is 0.449 e. The average molecular weight is 244 g/mol. The molecule has 0 atom stereocenters. The van der Waals surface area contributed by atoms with Gasteiger partial charge in [-0.25, -0.2) is 4.79 Å². The Hall–Kier alpha value is -2.23. The van der Waals surface area contributed by atoms with E-state index in [-0.39, 0.29) is 6.03 Å². The molecule has 0 radical (unpaired) electrons. The lowest BCUT2D eigenvalue weighted by atomic mass is 10.1. The van der Waals surface area contributed by atoms with Crippen molar-refractivity contribution in [1.29, 1.82) is 0 Å². The number of rotatable bonds is 4. The zero-order valence-electron chi connectivity index (χ0n) is 10.3. The average Bonchev–Trinajstić information content (AvgIpc) is 2.84. The molecule has 2 N–H and O–H groups in total. The highest BCUT2D eigenvalue weighted by atomic mass is 16.3. The number of hydrogen-bond donors (Lipinski definition) is 2. The molecule has 1 aromatic heterocycles. The summed E-state index contributed by atoms with van der Waals surface area (Å²) in [6, 6.07) is 11.3. The molecule has 2 aromatic rings. The van der Waals surface area contributed by atoms with Crippen LogP contribution in [0.15, 0.2) is 47.1 Å². The quantitative estimate of drug-likeness (QED) is 0.868. The molecule has 18 heavy (non-hydrogen) atoms. The van der Waals surface area contributed by atoms with Crippen LogP contribution in [0.3, 0.4) is 0 Å². The molecular weight excluding hydrogens is 228 g/mol. The van der Waals surface area contributed by atoms with Gasteiger partial charge in [0.15, 0.2) is 0 Å². The van der Waals surface area contributed by atoms with Crippen molar-refractivity contribution in [2.75, 3.05) is 11.9 Å². The van der Waals surface area contributed by atoms with Crippen molar-refractivity contribution in [3.05, 3.63) is 53.8 Å². The van der Waals surface area contributed by atoms with Crippen LogP contribution in [0.1, 0.15) is 11.1 Å². The van der Waals surface area contributed by atoms with E-state index in [1.165, 1.54) is 17.4 Å². The molecule has 0 fully saturated rings. The van der Waals surface area contributed by atoms with Crippen molar-refractivity contribution >= 4 is 11.9 Å². The maximum Gasteiger partial charge on any atom is 0.321 e. The molecule has 0 saturated heterocycles. The number of urea groups is 1. The van der Waals surface area contributed by atoms with E-state index in [9.17, 15) is 4.79 Å². The first-order chi connectivity index (χ1) is 8.75. The zero-order chi connectivity index (χ0) is 12.8. The predicted octanol–water partition coefficient (Wildman–Crippen LogP) is 2.95. The fourth-order valence-corrected chi connectivity index (χ4v) is 1.71. The van der Waals surface area contributed by atoms with E-state index in [2.05, 4.69) is 29.7 Å². The molecule has 0 saturated carbocycles. The van der Waals surface area contributed by atoms with Gasteiger partial charge in [-0.2, -0.15) is 0 Å². The molecule has 0 bridgehead atoms. The fraction of sp³-hybridized carbons (Fsp3) is 0.214. The zero-order valence-corrected chi connectivity index (χ0v) is 10.3. The second kappa shape index (κ2) is 5.91. The van der Waals surface area contributed by atoms with Crippen molar-refractivity contribution in [3.63, 3.8) is 0 Å². The summed E-state index contributed by atoms with van der Waals surface area (Å²) in [5.41, 5.74) is 2.49. The Kier molecular flexibility index (Phi) is 4.02. The van der Waals surface area contributed by atoms with Gasteiger partial charge in [-0.15, -0.1) is 0 Å². The summed E-state index contributed by atoms with van der Waals surface area (Å²) in [6.45, 7) is 2.66. The van der Waals surface area contributed by atoms with Gasteiger partial charge >= 0.3 is 6.03 Å². The second-order valence-corrected chi connectivity index (χ2v) is 4.03. The molecule has 0 spiro atoms. The minimum atomic E-state index is -0.251. The van der Waals surface area contributed by atoms with E-state index in [0.717, 1.165) is 6.42 Å². The number of anilines is 1. The third-order valence-electron chi connectivity index (χ3n) is 2.70. The van der Waals surface area contributed by atoms with Gasteiger partial charge in [-0.1, -0.05) is 24.3 Å².